The SMILES string of the molecule is COCCCOc1cc(C(=O)N(C(C)C)[C@@H]2CCCN(C(=O)OC(C)(C)C)C2)ccc1-c1cc(NS(C)(=O)=O)ccc1F. The number of rotatable bonds is 11. The molecule has 2 aromatic carbocycles. The Morgan fingerprint density at radius 1 is 1.12 bits per heavy atom. The number of nitrogens with zero attached hydrogens (tertiary/aromatic N) is 2. The fourth-order valence-electron chi connectivity index (χ4n) is 5.04. The number of methoxy groups -OCH3 is 1. The highest BCUT2D eigenvalue weighted by molar-refractivity contribution is 7.92. The van der Waals surface area contributed by atoms with Crippen LogP contribution in [0.4, 0.5) is 14.9 Å². The van der Waals surface area contributed by atoms with Gasteiger partial charge in [-0.2, -0.15) is 0 Å². The number of hydrogen-bond acceptors (Lipinski definition) is 7. The van der Waals surface area contributed by atoms with Crippen molar-refractivity contribution >= 4 is 27.7 Å². The van der Waals surface area contributed by atoms with Gasteiger partial charge in [-0.1, -0.05) is 0 Å². The number of piperidine rings is 1. The summed E-state index contributed by atoms with van der Waals surface area (Å²) in [5, 5.41) is 0. The first kappa shape index (κ1) is 34.1. The van der Waals surface area contributed by atoms with Gasteiger partial charge in [-0.25, -0.2) is 17.6 Å². The molecule has 3 rings (SSSR count). The molecule has 1 aliphatic heterocycles. The predicted octanol–water partition coefficient (Wildman–Crippen LogP) is 5.53. The van der Waals surface area contributed by atoms with Crippen LogP contribution in [-0.4, -0.2) is 87.6 Å². The molecule has 0 radical (unpaired) electrons. The third kappa shape index (κ3) is 9.82. The van der Waals surface area contributed by atoms with Crippen molar-refractivity contribution in [3.05, 3.63) is 47.8 Å². The number of sulfonamides is 1. The molecule has 0 saturated carbocycles. The van der Waals surface area contributed by atoms with Gasteiger partial charge < -0.3 is 24.0 Å². The molecule has 43 heavy (non-hydrogen) atoms. The monoisotopic (exact) mass is 621 g/mol. The van der Waals surface area contributed by atoms with Gasteiger partial charge in [0.15, 0.2) is 0 Å². The van der Waals surface area contributed by atoms with E-state index in [1.165, 1.54) is 18.2 Å². The van der Waals surface area contributed by atoms with Gasteiger partial charge in [0.05, 0.1) is 18.9 Å². The number of nitrogens with one attached hydrogen (secondary N) is 1. The minimum absolute atomic E-state index is 0.121. The minimum Gasteiger partial charge on any atom is -0.493 e. The summed E-state index contributed by atoms with van der Waals surface area (Å²) < 4.78 is 57.7. The van der Waals surface area contributed by atoms with E-state index in [2.05, 4.69) is 4.72 Å². The normalized spacial score (nSPS) is 15.7. The quantitative estimate of drug-likeness (QED) is 0.328. The van der Waals surface area contributed by atoms with Crippen molar-refractivity contribution in [3.63, 3.8) is 0 Å². The van der Waals surface area contributed by atoms with Crippen LogP contribution < -0.4 is 9.46 Å². The average molecular weight is 622 g/mol. The van der Waals surface area contributed by atoms with E-state index in [0.29, 0.717) is 37.2 Å². The van der Waals surface area contributed by atoms with Crippen molar-refractivity contribution in [2.24, 2.45) is 0 Å². The van der Waals surface area contributed by atoms with Crippen LogP contribution in [-0.2, 0) is 19.5 Å². The van der Waals surface area contributed by atoms with Gasteiger partial charge in [0.2, 0.25) is 10.0 Å². The number of halogens is 1. The number of ether oxygens (including phenoxy) is 3. The summed E-state index contributed by atoms with van der Waals surface area (Å²) in [6.07, 6.45) is 2.63. The number of carbonyl (C=O) groups excluding carboxylic acids is 2. The lowest BCUT2D eigenvalue weighted by Crippen LogP contribution is -2.54. The first-order chi connectivity index (χ1) is 20.1. The largest absolute Gasteiger partial charge is 0.493 e. The fraction of sp³-hybridized carbons (Fsp3) is 0.548. The van der Waals surface area contributed by atoms with Gasteiger partial charge in [-0.15, -0.1) is 0 Å². The molecule has 10 nitrogen and oxygen atoms in total. The standard InChI is InChI=1S/C31H44FN3O7S/c1-21(2)35(24-10-8-15-34(20-24)30(37)42-31(3,4)5)29(36)22-11-13-25(28(18-22)41-17-9-16-40-6)26-19-23(12-14-27(26)32)33-43(7,38)39/h11-14,18-19,21,24,33H,8-10,15-17,20H2,1-7H3/t24-/m1/s1. The zero-order valence-corrected chi connectivity index (χ0v) is 26.9. The second-order valence-electron chi connectivity index (χ2n) is 12.0. The lowest BCUT2D eigenvalue weighted by molar-refractivity contribution is 0.00752. The first-order valence-electron chi connectivity index (χ1n) is 14.4. The van der Waals surface area contributed by atoms with Crippen LogP contribution in [0.3, 0.4) is 0 Å². The maximum absolute atomic E-state index is 15.1. The van der Waals surface area contributed by atoms with E-state index >= 15 is 4.39 Å². The van der Waals surface area contributed by atoms with Gasteiger partial charge >= 0.3 is 6.09 Å². The molecule has 238 valence electrons. The third-order valence-electron chi connectivity index (χ3n) is 6.77. The molecule has 2 aromatic rings. The summed E-state index contributed by atoms with van der Waals surface area (Å²) in [5.41, 5.74) is 0.407. The first-order valence-corrected chi connectivity index (χ1v) is 16.3. The highest BCUT2D eigenvalue weighted by atomic mass is 32.2. The zero-order chi connectivity index (χ0) is 31.9. The molecule has 1 atom stereocenters. The smallest absolute Gasteiger partial charge is 0.410 e. The Labute approximate surface area is 254 Å². The molecule has 12 heteroatoms. The predicted molar refractivity (Wildman–Crippen MR) is 164 cm³/mol. The Morgan fingerprint density at radius 2 is 1.84 bits per heavy atom. The molecule has 0 unspecified atom stereocenters. The van der Waals surface area contributed by atoms with E-state index in [4.69, 9.17) is 14.2 Å². The van der Waals surface area contributed by atoms with Gasteiger partial charge in [-0.05, 0) is 83.9 Å². The third-order valence-corrected chi connectivity index (χ3v) is 7.38. The van der Waals surface area contributed by atoms with Crippen molar-refractivity contribution in [1.29, 1.82) is 0 Å². The van der Waals surface area contributed by atoms with E-state index in [9.17, 15) is 18.0 Å². The summed E-state index contributed by atoms with van der Waals surface area (Å²) in [4.78, 5) is 30.2. The van der Waals surface area contributed by atoms with E-state index in [1.54, 1.807) is 35.1 Å². The Kier molecular flexibility index (Phi) is 11.4. The summed E-state index contributed by atoms with van der Waals surface area (Å²) >= 11 is 0. The molecule has 1 saturated heterocycles. The number of amides is 2. The Bertz CT molecular complexity index is 1390. The van der Waals surface area contributed by atoms with Crippen LogP contribution in [0.25, 0.3) is 11.1 Å². The van der Waals surface area contributed by atoms with Crippen molar-refractivity contribution < 1.29 is 36.6 Å². The van der Waals surface area contributed by atoms with Crippen LogP contribution >= 0.6 is 0 Å². The molecular formula is C31H44FN3O7S. The second kappa shape index (κ2) is 14.4. The molecule has 2 amide bonds. The van der Waals surface area contributed by atoms with Gasteiger partial charge in [0, 0.05) is 61.6 Å². The summed E-state index contributed by atoms with van der Waals surface area (Å²) in [5.74, 6) is -0.541. The van der Waals surface area contributed by atoms with E-state index in [0.717, 1.165) is 19.1 Å². The lowest BCUT2D eigenvalue weighted by atomic mass is 9.98. The summed E-state index contributed by atoms with van der Waals surface area (Å²) in [7, 11) is -2.01. The van der Waals surface area contributed by atoms with Crippen molar-refractivity contribution in [1.82, 2.24) is 9.80 Å². The molecule has 0 bridgehead atoms. The highest BCUT2D eigenvalue weighted by Gasteiger charge is 2.34. The zero-order valence-electron chi connectivity index (χ0n) is 26.1. The molecule has 0 spiro atoms. The van der Waals surface area contributed by atoms with Crippen LogP contribution in [0, 0.1) is 5.82 Å². The number of benzene rings is 2. The number of hydrogen-bond donors (Lipinski definition) is 1. The molecule has 1 heterocycles. The van der Waals surface area contributed by atoms with E-state index < -0.39 is 27.5 Å². The van der Waals surface area contributed by atoms with Crippen molar-refractivity contribution in [2.75, 3.05) is 44.4 Å². The Morgan fingerprint density at radius 3 is 2.47 bits per heavy atom. The molecule has 0 aromatic heterocycles. The van der Waals surface area contributed by atoms with E-state index in [1.807, 2.05) is 34.6 Å². The maximum Gasteiger partial charge on any atom is 0.410 e. The Balaban J connectivity index is 1.96. The average Bonchev–Trinajstić information content (AvgIpc) is 2.90. The molecule has 0 aliphatic carbocycles. The Hall–Kier alpha value is -3.38. The van der Waals surface area contributed by atoms with Crippen LogP contribution in [0.15, 0.2) is 36.4 Å². The van der Waals surface area contributed by atoms with Crippen LogP contribution in [0.1, 0.15) is 64.2 Å². The number of likely N-dealkylation sites (tertiary alicyclic amines) is 1. The van der Waals surface area contributed by atoms with Crippen molar-refractivity contribution in [2.45, 2.75) is 71.6 Å². The maximum atomic E-state index is 15.1. The van der Waals surface area contributed by atoms with Crippen LogP contribution in [0.5, 0.6) is 5.75 Å². The highest BCUT2D eigenvalue weighted by Crippen LogP contribution is 2.35. The molecule has 1 aliphatic rings. The fourth-order valence-corrected chi connectivity index (χ4v) is 5.59. The van der Waals surface area contributed by atoms with Gasteiger partial charge in [-0.3, -0.25) is 9.52 Å². The van der Waals surface area contributed by atoms with Crippen LogP contribution in [0.2, 0.25) is 0 Å². The molecular weight excluding hydrogens is 577 g/mol. The van der Waals surface area contributed by atoms with E-state index in [-0.39, 0.29) is 41.6 Å². The number of carbonyl (C=O) groups is 2. The minimum atomic E-state index is -3.58. The molecule has 1 fully saturated rings. The van der Waals surface area contributed by atoms with Crippen molar-refractivity contribution in [3.8, 4) is 16.9 Å². The topological polar surface area (TPSA) is 114 Å². The second-order valence-corrected chi connectivity index (χ2v) is 13.8. The number of anilines is 1. The summed E-state index contributed by atoms with van der Waals surface area (Å²) in [6.45, 7) is 10.9. The van der Waals surface area contributed by atoms with Gasteiger partial charge in [0.25, 0.3) is 5.91 Å². The van der Waals surface area contributed by atoms with Gasteiger partial charge in [0.1, 0.15) is 17.2 Å². The summed E-state index contributed by atoms with van der Waals surface area (Å²) in [6, 6.07) is 8.31. The molecule has 1 N–H and O–H groups in total. The lowest BCUT2D eigenvalue weighted by Gasteiger charge is -2.41.